The highest BCUT2D eigenvalue weighted by Crippen LogP contribution is 2.21. The van der Waals surface area contributed by atoms with Crippen molar-refractivity contribution in [1.82, 2.24) is 20.5 Å². The van der Waals surface area contributed by atoms with Crippen LogP contribution in [0, 0.1) is 0 Å². The van der Waals surface area contributed by atoms with Crippen molar-refractivity contribution in [3.05, 3.63) is 36.0 Å². The van der Waals surface area contributed by atoms with Gasteiger partial charge in [0.25, 0.3) is 0 Å². The second-order valence-corrected chi connectivity index (χ2v) is 9.82. The summed E-state index contributed by atoms with van der Waals surface area (Å²) in [6, 6.07) is 3.70. The van der Waals surface area contributed by atoms with Crippen LogP contribution in [0.25, 0.3) is 10.9 Å². The number of nitrogens with zero attached hydrogens (tertiary/aromatic N) is 2. The summed E-state index contributed by atoms with van der Waals surface area (Å²) in [6.07, 6.45) is 3.57. The summed E-state index contributed by atoms with van der Waals surface area (Å²) in [6.45, 7) is 0.534. The van der Waals surface area contributed by atoms with Crippen LogP contribution in [0.5, 0.6) is 0 Å². The van der Waals surface area contributed by atoms with Gasteiger partial charge in [0.15, 0.2) is 5.96 Å². The summed E-state index contributed by atoms with van der Waals surface area (Å²) < 4.78 is 0. The Balaban J connectivity index is 1.72. The van der Waals surface area contributed by atoms with Crippen LogP contribution >= 0.6 is 12.6 Å². The van der Waals surface area contributed by atoms with E-state index >= 15 is 0 Å². The fourth-order valence-corrected chi connectivity index (χ4v) is 4.87. The maximum Gasteiger partial charge on any atom is 0.327 e. The SMILES string of the molecule is NC(N)=NCCCC(NC(=O)C(N)Cc1c[nH]c2ccccc12)C(=O)N1CCCC1C(=O)NC(CS)C(=O)O. The number of aromatic nitrogens is 1. The second kappa shape index (κ2) is 13.8. The lowest BCUT2D eigenvalue weighted by Crippen LogP contribution is -2.57. The number of hydrogen-bond acceptors (Lipinski definition) is 7. The molecule has 0 aliphatic carbocycles. The van der Waals surface area contributed by atoms with Crippen molar-refractivity contribution in [3.8, 4) is 0 Å². The number of H-pyrrole nitrogens is 1. The third-order valence-corrected chi connectivity index (χ3v) is 7.01. The van der Waals surface area contributed by atoms with Crippen LogP contribution in [0.2, 0.25) is 0 Å². The number of carbonyl (C=O) groups is 4. The molecule has 39 heavy (non-hydrogen) atoms. The normalized spacial score (nSPS) is 17.3. The van der Waals surface area contributed by atoms with Gasteiger partial charge in [0.05, 0.1) is 6.04 Å². The van der Waals surface area contributed by atoms with Crippen molar-refractivity contribution in [2.24, 2.45) is 22.2 Å². The number of carboxylic acids is 1. The number of nitrogens with one attached hydrogen (secondary N) is 3. The van der Waals surface area contributed by atoms with E-state index in [0.29, 0.717) is 19.3 Å². The number of likely N-dealkylation sites (tertiary alicyclic amines) is 1. The predicted molar refractivity (Wildman–Crippen MR) is 150 cm³/mol. The first kappa shape index (κ1) is 29.8. The first-order chi connectivity index (χ1) is 18.6. The van der Waals surface area contributed by atoms with Gasteiger partial charge in [-0.05, 0) is 43.7 Å². The van der Waals surface area contributed by atoms with E-state index in [1.807, 2.05) is 24.3 Å². The Labute approximate surface area is 231 Å². The second-order valence-electron chi connectivity index (χ2n) is 9.45. The molecule has 1 fully saturated rings. The summed E-state index contributed by atoms with van der Waals surface area (Å²) in [4.78, 5) is 59.4. The molecule has 3 amide bonds. The van der Waals surface area contributed by atoms with Crippen LogP contribution in [0.1, 0.15) is 31.2 Å². The highest BCUT2D eigenvalue weighted by molar-refractivity contribution is 7.80. The zero-order valence-corrected chi connectivity index (χ0v) is 22.4. The Morgan fingerprint density at radius 3 is 2.62 bits per heavy atom. The van der Waals surface area contributed by atoms with Gasteiger partial charge in [-0.1, -0.05) is 18.2 Å². The summed E-state index contributed by atoms with van der Waals surface area (Å²) in [5.74, 6) is -2.95. The van der Waals surface area contributed by atoms with E-state index in [2.05, 4.69) is 33.2 Å². The quantitative estimate of drug-likeness (QED) is 0.0659. The number of rotatable bonds is 13. The fourth-order valence-electron chi connectivity index (χ4n) is 4.63. The van der Waals surface area contributed by atoms with Crippen LogP contribution < -0.4 is 27.8 Å². The molecule has 13 nitrogen and oxygen atoms in total. The number of carboxylic acid groups (broad SMARTS) is 1. The first-order valence-electron chi connectivity index (χ1n) is 12.7. The number of benzene rings is 1. The molecule has 14 heteroatoms. The monoisotopic (exact) mass is 560 g/mol. The Morgan fingerprint density at radius 2 is 1.92 bits per heavy atom. The predicted octanol–water partition coefficient (Wildman–Crippen LogP) is -0.934. The molecule has 4 unspecified atom stereocenters. The molecule has 3 rings (SSSR count). The number of aliphatic carboxylic acids is 1. The van der Waals surface area contributed by atoms with Gasteiger partial charge in [0, 0.05) is 35.9 Å². The van der Waals surface area contributed by atoms with Crippen LogP contribution in [-0.2, 0) is 25.6 Å². The van der Waals surface area contributed by atoms with Crippen molar-refractivity contribution in [3.63, 3.8) is 0 Å². The van der Waals surface area contributed by atoms with Crippen molar-refractivity contribution in [2.75, 3.05) is 18.8 Å². The molecule has 1 saturated heterocycles. The number of carbonyl (C=O) groups excluding carboxylic acids is 3. The van der Waals surface area contributed by atoms with Gasteiger partial charge in [-0.2, -0.15) is 12.6 Å². The molecule has 1 aromatic heterocycles. The van der Waals surface area contributed by atoms with Gasteiger partial charge >= 0.3 is 5.97 Å². The topological polar surface area (TPSA) is 222 Å². The van der Waals surface area contributed by atoms with Gasteiger partial charge in [-0.15, -0.1) is 0 Å². The highest BCUT2D eigenvalue weighted by Gasteiger charge is 2.39. The minimum atomic E-state index is -1.22. The molecule has 2 heterocycles. The third kappa shape index (κ3) is 7.86. The Morgan fingerprint density at radius 1 is 1.18 bits per heavy atom. The van der Waals surface area contributed by atoms with Crippen LogP contribution in [0.15, 0.2) is 35.5 Å². The lowest BCUT2D eigenvalue weighted by Gasteiger charge is -2.30. The van der Waals surface area contributed by atoms with E-state index in [-0.39, 0.29) is 37.6 Å². The Bertz CT molecular complexity index is 1210. The molecule has 1 aliphatic heterocycles. The van der Waals surface area contributed by atoms with Gasteiger partial charge < -0.3 is 42.8 Å². The number of aliphatic imine (C=N–C) groups is 1. The molecule has 1 aliphatic rings. The summed E-state index contributed by atoms with van der Waals surface area (Å²) >= 11 is 3.97. The van der Waals surface area contributed by atoms with E-state index in [1.54, 1.807) is 6.20 Å². The highest BCUT2D eigenvalue weighted by atomic mass is 32.1. The van der Waals surface area contributed by atoms with Gasteiger partial charge in [0.1, 0.15) is 18.1 Å². The van der Waals surface area contributed by atoms with Crippen LogP contribution in [0.3, 0.4) is 0 Å². The van der Waals surface area contributed by atoms with Crippen LogP contribution in [-0.4, -0.2) is 87.7 Å². The molecule has 0 radical (unpaired) electrons. The Hall–Kier alpha value is -3.78. The van der Waals surface area contributed by atoms with E-state index in [4.69, 9.17) is 17.2 Å². The number of para-hydroxylation sites is 1. The van der Waals surface area contributed by atoms with Crippen molar-refractivity contribution in [1.29, 1.82) is 0 Å². The summed E-state index contributed by atoms with van der Waals surface area (Å²) in [7, 11) is 0. The van der Waals surface area contributed by atoms with Crippen LogP contribution in [0.4, 0.5) is 0 Å². The van der Waals surface area contributed by atoms with Gasteiger partial charge in [-0.25, -0.2) is 4.79 Å². The molecule has 212 valence electrons. The summed E-state index contributed by atoms with van der Waals surface area (Å²) in [5.41, 5.74) is 18.8. The molecular weight excluding hydrogens is 524 g/mol. The number of guanidine groups is 1. The molecule has 1 aromatic carbocycles. The number of amides is 3. The molecular formula is C25H36N8O5S. The maximum atomic E-state index is 13.6. The van der Waals surface area contributed by atoms with E-state index in [1.165, 1.54) is 4.90 Å². The molecule has 4 atom stereocenters. The Kier molecular flexibility index (Phi) is 10.6. The number of hydrogen-bond donors (Lipinski definition) is 8. The standard InChI is InChI=1S/C25H36N8O5S/c26-16(11-14-12-30-17-6-2-1-5-15(14)17)21(34)31-18(7-3-9-29-25(27)28)23(36)33-10-4-8-20(33)22(35)32-19(13-39)24(37)38/h1-2,5-6,12,16,18-20,30,39H,3-4,7-11,13,26H2,(H,31,34)(H,32,35)(H,37,38)(H4,27,28,29). The first-order valence-corrected chi connectivity index (χ1v) is 13.4. The van der Waals surface area contributed by atoms with Crippen molar-refractivity contribution < 1.29 is 24.3 Å². The van der Waals surface area contributed by atoms with Gasteiger partial charge in [0.2, 0.25) is 17.7 Å². The maximum absolute atomic E-state index is 13.6. The summed E-state index contributed by atoms with van der Waals surface area (Å²) in [5, 5.41) is 15.4. The zero-order valence-electron chi connectivity index (χ0n) is 21.5. The van der Waals surface area contributed by atoms with Crippen molar-refractivity contribution >= 4 is 53.2 Å². The molecule has 0 bridgehead atoms. The number of nitrogens with two attached hydrogens (primary N) is 3. The van der Waals surface area contributed by atoms with E-state index < -0.39 is 47.9 Å². The third-order valence-electron chi connectivity index (χ3n) is 6.65. The zero-order chi connectivity index (χ0) is 28.5. The molecule has 0 spiro atoms. The number of aromatic amines is 1. The average molecular weight is 561 g/mol. The molecule has 10 N–H and O–H groups in total. The number of fused-ring (bicyclic) bond motifs is 1. The lowest BCUT2D eigenvalue weighted by atomic mass is 10.0. The minimum Gasteiger partial charge on any atom is -0.480 e. The largest absolute Gasteiger partial charge is 0.480 e. The minimum absolute atomic E-state index is 0.0869. The molecule has 0 saturated carbocycles. The molecule has 2 aromatic rings. The smallest absolute Gasteiger partial charge is 0.327 e. The van der Waals surface area contributed by atoms with Crippen molar-refractivity contribution in [2.45, 2.75) is 56.3 Å². The lowest BCUT2D eigenvalue weighted by molar-refractivity contribution is -0.144. The van der Waals surface area contributed by atoms with Gasteiger partial charge in [-0.3, -0.25) is 19.4 Å². The van der Waals surface area contributed by atoms with E-state index in [0.717, 1.165) is 16.5 Å². The van der Waals surface area contributed by atoms with E-state index in [9.17, 15) is 24.3 Å². The number of thiol groups is 1. The fraction of sp³-hybridized carbons (Fsp3) is 0.480. The average Bonchev–Trinajstić information content (AvgIpc) is 3.56.